The molecule has 0 aliphatic heterocycles. The molecule has 0 saturated heterocycles. The van der Waals surface area contributed by atoms with Crippen molar-refractivity contribution in [2.24, 2.45) is 5.92 Å². The molecular formula is C21H20N2. The van der Waals surface area contributed by atoms with E-state index in [9.17, 15) is 0 Å². The Morgan fingerprint density at radius 1 is 0.913 bits per heavy atom. The van der Waals surface area contributed by atoms with Gasteiger partial charge in [0.05, 0.1) is 5.52 Å². The Labute approximate surface area is 136 Å². The minimum Gasteiger partial charge on any atom is -0.294 e. The second-order valence-corrected chi connectivity index (χ2v) is 6.50. The monoisotopic (exact) mass is 300 g/mol. The van der Waals surface area contributed by atoms with Crippen LogP contribution in [0.15, 0.2) is 66.9 Å². The fourth-order valence-electron chi connectivity index (χ4n) is 3.35. The van der Waals surface area contributed by atoms with E-state index in [0.717, 1.165) is 12.1 Å². The van der Waals surface area contributed by atoms with E-state index in [2.05, 4.69) is 78.0 Å². The number of para-hydroxylation sites is 1. The average molecular weight is 300 g/mol. The molecule has 2 aromatic carbocycles. The van der Waals surface area contributed by atoms with E-state index < -0.39 is 0 Å². The maximum Gasteiger partial charge on any atom is 0.145 e. The smallest absolute Gasteiger partial charge is 0.145 e. The average Bonchev–Trinajstić information content (AvgIpc) is 2.89. The van der Waals surface area contributed by atoms with Gasteiger partial charge in [0.2, 0.25) is 0 Å². The van der Waals surface area contributed by atoms with Crippen LogP contribution in [0.1, 0.15) is 19.4 Å². The first-order valence-corrected chi connectivity index (χ1v) is 8.17. The lowest BCUT2D eigenvalue weighted by Gasteiger charge is -2.10. The predicted molar refractivity (Wildman–Crippen MR) is 97.1 cm³/mol. The zero-order valence-electron chi connectivity index (χ0n) is 13.5. The fraction of sp³-hybridized carbons (Fsp3) is 0.190. The maximum atomic E-state index is 4.65. The molecule has 0 unspecified atom stereocenters. The lowest BCUT2D eigenvalue weighted by atomic mass is 10.0. The topological polar surface area (TPSA) is 17.8 Å². The van der Waals surface area contributed by atoms with Gasteiger partial charge in [-0.25, -0.2) is 4.98 Å². The molecule has 0 aliphatic rings. The van der Waals surface area contributed by atoms with Gasteiger partial charge in [-0.2, -0.15) is 0 Å². The number of fused-ring (bicyclic) bond motifs is 3. The highest BCUT2D eigenvalue weighted by atomic mass is 15.0. The number of nitrogens with zero attached hydrogens (tertiary/aromatic N) is 2. The van der Waals surface area contributed by atoms with Gasteiger partial charge in [-0.15, -0.1) is 0 Å². The zero-order valence-corrected chi connectivity index (χ0v) is 13.5. The summed E-state index contributed by atoms with van der Waals surface area (Å²) >= 11 is 0. The van der Waals surface area contributed by atoms with Crippen molar-refractivity contribution in [2.75, 3.05) is 0 Å². The summed E-state index contributed by atoms with van der Waals surface area (Å²) in [4.78, 5) is 4.65. The first-order valence-electron chi connectivity index (χ1n) is 8.17. The summed E-state index contributed by atoms with van der Waals surface area (Å²) in [5.74, 6) is 0.654. The summed E-state index contributed by atoms with van der Waals surface area (Å²) < 4.78 is 2.27. The molecule has 0 atom stereocenters. The van der Waals surface area contributed by atoms with Gasteiger partial charge < -0.3 is 0 Å². The molecule has 0 bridgehead atoms. The fourth-order valence-corrected chi connectivity index (χ4v) is 3.35. The Balaban J connectivity index is 2.01. The number of rotatable bonds is 3. The molecule has 0 aliphatic carbocycles. The molecule has 2 heteroatoms. The van der Waals surface area contributed by atoms with Gasteiger partial charge in [0.15, 0.2) is 0 Å². The van der Waals surface area contributed by atoms with Gasteiger partial charge in [0.25, 0.3) is 0 Å². The highest BCUT2D eigenvalue weighted by Crippen LogP contribution is 2.30. The van der Waals surface area contributed by atoms with E-state index in [-0.39, 0.29) is 0 Å². The quantitative estimate of drug-likeness (QED) is 0.497. The molecule has 0 spiro atoms. The Hall–Kier alpha value is -2.61. The number of benzene rings is 2. The molecule has 2 aromatic heterocycles. The highest BCUT2D eigenvalue weighted by Gasteiger charge is 2.12. The standard InChI is InChI=1S/C21H20N2/c1-15(2)13-16-7-5-8-17(14-16)23-20-11-4-3-9-18(20)19-10-6-12-22-21(19)23/h3-12,14-15H,13H2,1-2H3. The van der Waals surface area contributed by atoms with E-state index in [4.69, 9.17) is 0 Å². The first-order chi connectivity index (χ1) is 11.2. The van der Waals surface area contributed by atoms with Crippen molar-refractivity contribution >= 4 is 21.9 Å². The van der Waals surface area contributed by atoms with E-state index in [1.807, 2.05) is 12.3 Å². The minimum absolute atomic E-state index is 0.654. The van der Waals surface area contributed by atoms with Crippen LogP contribution in [0.3, 0.4) is 0 Å². The third-order valence-corrected chi connectivity index (χ3v) is 4.25. The van der Waals surface area contributed by atoms with Gasteiger partial charge in [-0.1, -0.05) is 44.2 Å². The van der Waals surface area contributed by atoms with Gasteiger partial charge >= 0.3 is 0 Å². The summed E-state index contributed by atoms with van der Waals surface area (Å²) in [6.07, 6.45) is 2.97. The highest BCUT2D eigenvalue weighted by molar-refractivity contribution is 6.07. The third kappa shape index (κ3) is 2.40. The Bertz CT molecular complexity index is 926. The van der Waals surface area contributed by atoms with Crippen LogP contribution < -0.4 is 0 Å². The van der Waals surface area contributed by atoms with Gasteiger partial charge in [-0.05, 0) is 48.2 Å². The van der Waals surface area contributed by atoms with Crippen molar-refractivity contribution < 1.29 is 0 Å². The summed E-state index contributed by atoms with van der Waals surface area (Å²) in [6, 6.07) is 21.5. The van der Waals surface area contributed by atoms with Crippen molar-refractivity contribution in [2.45, 2.75) is 20.3 Å². The molecule has 4 aromatic rings. The number of hydrogen-bond donors (Lipinski definition) is 0. The number of pyridine rings is 1. The van der Waals surface area contributed by atoms with Gasteiger partial charge in [-0.3, -0.25) is 4.57 Å². The third-order valence-electron chi connectivity index (χ3n) is 4.25. The van der Waals surface area contributed by atoms with E-state index >= 15 is 0 Å². The van der Waals surface area contributed by atoms with E-state index in [1.165, 1.54) is 27.5 Å². The molecule has 0 fully saturated rings. The van der Waals surface area contributed by atoms with E-state index in [0.29, 0.717) is 5.92 Å². The maximum absolute atomic E-state index is 4.65. The van der Waals surface area contributed by atoms with Crippen molar-refractivity contribution in [1.82, 2.24) is 9.55 Å². The van der Waals surface area contributed by atoms with Gasteiger partial charge in [0.1, 0.15) is 5.65 Å². The molecule has 2 nitrogen and oxygen atoms in total. The molecule has 0 amide bonds. The molecule has 114 valence electrons. The van der Waals surface area contributed by atoms with Crippen molar-refractivity contribution in [1.29, 1.82) is 0 Å². The van der Waals surface area contributed by atoms with Crippen LogP contribution in [0.5, 0.6) is 0 Å². The SMILES string of the molecule is CC(C)Cc1cccc(-n2c3ccccc3c3cccnc32)c1. The van der Waals surface area contributed by atoms with E-state index in [1.54, 1.807) is 0 Å². The summed E-state index contributed by atoms with van der Waals surface area (Å²) in [5.41, 5.74) is 4.80. The molecule has 0 radical (unpaired) electrons. The van der Waals surface area contributed by atoms with Crippen LogP contribution in [0.25, 0.3) is 27.6 Å². The molecular weight excluding hydrogens is 280 g/mol. The molecule has 2 heterocycles. The summed E-state index contributed by atoms with van der Waals surface area (Å²) in [6.45, 7) is 4.52. The molecule has 23 heavy (non-hydrogen) atoms. The Kier molecular flexibility index (Phi) is 3.38. The number of hydrogen-bond acceptors (Lipinski definition) is 1. The lowest BCUT2D eigenvalue weighted by molar-refractivity contribution is 0.647. The Morgan fingerprint density at radius 2 is 1.74 bits per heavy atom. The normalized spacial score (nSPS) is 11.6. The van der Waals surface area contributed by atoms with Crippen molar-refractivity contribution in [3.05, 3.63) is 72.4 Å². The minimum atomic E-state index is 0.654. The second-order valence-electron chi connectivity index (χ2n) is 6.50. The summed E-state index contributed by atoms with van der Waals surface area (Å²) in [5, 5.41) is 2.46. The predicted octanol–water partition coefficient (Wildman–Crippen LogP) is 5.38. The van der Waals surface area contributed by atoms with Crippen LogP contribution in [0.2, 0.25) is 0 Å². The molecule has 0 saturated carbocycles. The summed E-state index contributed by atoms with van der Waals surface area (Å²) in [7, 11) is 0. The largest absolute Gasteiger partial charge is 0.294 e. The number of aromatic nitrogens is 2. The molecule has 0 N–H and O–H groups in total. The van der Waals surface area contributed by atoms with Crippen molar-refractivity contribution in [3.8, 4) is 5.69 Å². The zero-order chi connectivity index (χ0) is 15.8. The van der Waals surface area contributed by atoms with Crippen LogP contribution in [0.4, 0.5) is 0 Å². The second kappa shape index (κ2) is 5.54. The first kappa shape index (κ1) is 14.0. The lowest BCUT2D eigenvalue weighted by Crippen LogP contribution is -1.98. The van der Waals surface area contributed by atoms with Crippen molar-refractivity contribution in [3.63, 3.8) is 0 Å². The molecule has 4 rings (SSSR count). The van der Waals surface area contributed by atoms with Crippen LogP contribution in [-0.2, 0) is 6.42 Å². The van der Waals surface area contributed by atoms with Crippen LogP contribution >= 0.6 is 0 Å². The van der Waals surface area contributed by atoms with Gasteiger partial charge in [0, 0.05) is 22.7 Å². The Morgan fingerprint density at radius 3 is 2.61 bits per heavy atom. The van der Waals surface area contributed by atoms with Crippen LogP contribution in [-0.4, -0.2) is 9.55 Å². The van der Waals surface area contributed by atoms with Crippen LogP contribution in [0, 0.1) is 5.92 Å².